The normalized spacial score (nSPS) is 13.5. The van der Waals surface area contributed by atoms with Gasteiger partial charge < -0.3 is 10.1 Å². The summed E-state index contributed by atoms with van der Waals surface area (Å²) in [5.41, 5.74) is 3.49. The third kappa shape index (κ3) is 3.83. The molecule has 1 N–H and O–H groups in total. The number of aryl methyl sites for hydroxylation is 2. The Morgan fingerprint density at radius 2 is 1.70 bits per heavy atom. The van der Waals surface area contributed by atoms with Crippen LogP contribution in [0.1, 0.15) is 27.9 Å². The molecule has 0 radical (unpaired) electrons. The highest BCUT2D eigenvalue weighted by atomic mass is 19.4. The van der Waals surface area contributed by atoms with Crippen molar-refractivity contribution in [3.63, 3.8) is 0 Å². The minimum Gasteiger partial charge on any atom is -0.406 e. The second-order valence-corrected chi connectivity index (χ2v) is 5.36. The Kier molecular flexibility index (Phi) is 3.98. The number of hydrogen-bond donors (Lipinski definition) is 1. The zero-order valence-corrected chi connectivity index (χ0v) is 12.1. The smallest absolute Gasteiger partial charge is 0.406 e. The van der Waals surface area contributed by atoms with Crippen LogP contribution in [0.15, 0.2) is 42.5 Å². The van der Waals surface area contributed by atoms with Crippen LogP contribution in [0.5, 0.6) is 5.75 Å². The van der Waals surface area contributed by atoms with Crippen molar-refractivity contribution in [2.75, 3.05) is 5.32 Å². The number of ether oxygens (including phenoxy) is 1. The maximum atomic E-state index is 12.1. The summed E-state index contributed by atoms with van der Waals surface area (Å²) in [6, 6.07) is 10.6. The molecule has 0 spiro atoms. The molecule has 0 atom stereocenters. The van der Waals surface area contributed by atoms with E-state index in [0.717, 1.165) is 31.4 Å². The number of carbonyl (C=O) groups excluding carboxylic acids is 1. The first-order chi connectivity index (χ1) is 10.9. The Hall–Kier alpha value is -2.50. The summed E-state index contributed by atoms with van der Waals surface area (Å²) in [6.45, 7) is 0. The van der Waals surface area contributed by atoms with Gasteiger partial charge in [0.05, 0.1) is 0 Å². The van der Waals surface area contributed by atoms with E-state index in [-0.39, 0.29) is 17.2 Å². The molecule has 2 aromatic rings. The van der Waals surface area contributed by atoms with E-state index in [2.05, 4.69) is 10.1 Å². The molecule has 3 rings (SSSR count). The highest BCUT2D eigenvalue weighted by Crippen LogP contribution is 2.26. The van der Waals surface area contributed by atoms with Crippen molar-refractivity contribution in [3.05, 3.63) is 59.2 Å². The molecule has 23 heavy (non-hydrogen) atoms. The van der Waals surface area contributed by atoms with Gasteiger partial charge in [0.1, 0.15) is 5.75 Å². The van der Waals surface area contributed by atoms with Crippen LogP contribution in [0.25, 0.3) is 0 Å². The fourth-order valence-electron chi connectivity index (χ4n) is 2.66. The summed E-state index contributed by atoms with van der Waals surface area (Å²) in [5, 5.41) is 2.75. The van der Waals surface area contributed by atoms with E-state index in [1.165, 1.54) is 23.3 Å². The standard InChI is InChI=1S/C17H14F3NO2/c18-17(19,20)23-15-8-5-12(6-9-15)16(22)21-14-7-4-11-2-1-3-13(11)10-14/h4-10H,1-3H2,(H,21,22). The lowest BCUT2D eigenvalue weighted by atomic mass is 10.1. The van der Waals surface area contributed by atoms with Crippen LogP contribution in [-0.2, 0) is 12.8 Å². The lowest BCUT2D eigenvalue weighted by Crippen LogP contribution is -2.17. The molecule has 0 heterocycles. The maximum absolute atomic E-state index is 12.1. The first-order valence-electron chi connectivity index (χ1n) is 7.20. The molecule has 1 amide bonds. The Balaban J connectivity index is 1.68. The van der Waals surface area contributed by atoms with Crippen LogP contribution < -0.4 is 10.1 Å². The third-order valence-corrected chi connectivity index (χ3v) is 3.71. The van der Waals surface area contributed by atoms with Crippen LogP contribution in [0.2, 0.25) is 0 Å². The van der Waals surface area contributed by atoms with Gasteiger partial charge in [-0.15, -0.1) is 13.2 Å². The van der Waals surface area contributed by atoms with Gasteiger partial charge in [-0.05, 0) is 66.8 Å². The van der Waals surface area contributed by atoms with Gasteiger partial charge in [-0.3, -0.25) is 4.79 Å². The molecule has 3 nitrogen and oxygen atoms in total. The van der Waals surface area contributed by atoms with Gasteiger partial charge in [0.15, 0.2) is 0 Å². The highest BCUT2D eigenvalue weighted by molar-refractivity contribution is 6.04. The van der Waals surface area contributed by atoms with Gasteiger partial charge in [-0.1, -0.05) is 6.07 Å². The summed E-state index contributed by atoms with van der Waals surface area (Å²) in [6.07, 6.45) is -1.56. The van der Waals surface area contributed by atoms with Crippen molar-refractivity contribution >= 4 is 11.6 Å². The summed E-state index contributed by atoms with van der Waals surface area (Å²) >= 11 is 0. The maximum Gasteiger partial charge on any atom is 0.573 e. The number of anilines is 1. The van der Waals surface area contributed by atoms with Crippen molar-refractivity contribution in [2.24, 2.45) is 0 Å². The summed E-state index contributed by atoms with van der Waals surface area (Å²) in [5.74, 6) is -0.729. The first kappa shape index (κ1) is 15.4. The number of benzene rings is 2. The van der Waals surface area contributed by atoms with Gasteiger partial charge in [-0.25, -0.2) is 0 Å². The van der Waals surface area contributed by atoms with Crippen LogP contribution in [0.3, 0.4) is 0 Å². The lowest BCUT2D eigenvalue weighted by molar-refractivity contribution is -0.274. The van der Waals surface area contributed by atoms with Crippen molar-refractivity contribution in [1.82, 2.24) is 0 Å². The summed E-state index contributed by atoms with van der Waals surface area (Å²) in [4.78, 5) is 12.1. The molecule has 0 saturated carbocycles. The Labute approximate surface area is 131 Å². The number of fused-ring (bicyclic) bond motifs is 1. The van der Waals surface area contributed by atoms with Gasteiger partial charge in [0.25, 0.3) is 5.91 Å². The van der Waals surface area contributed by atoms with Crippen LogP contribution in [0.4, 0.5) is 18.9 Å². The van der Waals surface area contributed by atoms with Crippen LogP contribution in [-0.4, -0.2) is 12.3 Å². The largest absolute Gasteiger partial charge is 0.573 e. The number of hydrogen-bond acceptors (Lipinski definition) is 2. The van der Waals surface area contributed by atoms with E-state index in [9.17, 15) is 18.0 Å². The summed E-state index contributed by atoms with van der Waals surface area (Å²) < 4.78 is 40.1. The molecule has 0 saturated heterocycles. The number of halogens is 3. The SMILES string of the molecule is O=C(Nc1ccc2c(c1)CCC2)c1ccc(OC(F)(F)F)cc1. The molecule has 1 aliphatic rings. The predicted octanol–water partition coefficient (Wildman–Crippen LogP) is 4.33. The monoisotopic (exact) mass is 321 g/mol. The van der Waals surface area contributed by atoms with Gasteiger partial charge in [0, 0.05) is 11.3 Å². The van der Waals surface area contributed by atoms with E-state index in [1.807, 2.05) is 18.2 Å². The number of carbonyl (C=O) groups is 1. The minimum absolute atomic E-state index is 0.264. The average Bonchev–Trinajstić information content (AvgIpc) is 2.94. The lowest BCUT2D eigenvalue weighted by Gasteiger charge is -2.10. The zero-order chi connectivity index (χ0) is 16.4. The number of amides is 1. The zero-order valence-electron chi connectivity index (χ0n) is 12.1. The van der Waals surface area contributed by atoms with E-state index in [4.69, 9.17) is 0 Å². The van der Waals surface area contributed by atoms with E-state index >= 15 is 0 Å². The molecule has 0 bridgehead atoms. The van der Waals surface area contributed by atoms with E-state index in [0.29, 0.717) is 5.69 Å². The molecule has 0 aliphatic heterocycles. The number of rotatable bonds is 3. The summed E-state index contributed by atoms with van der Waals surface area (Å²) in [7, 11) is 0. The molecule has 2 aromatic carbocycles. The highest BCUT2D eigenvalue weighted by Gasteiger charge is 2.31. The third-order valence-electron chi connectivity index (χ3n) is 3.71. The topological polar surface area (TPSA) is 38.3 Å². The quantitative estimate of drug-likeness (QED) is 0.914. The van der Waals surface area contributed by atoms with Crippen molar-refractivity contribution in [2.45, 2.75) is 25.6 Å². The first-order valence-corrected chi connectivity index (χ1v) is 7.20. The fourth-order valence-corrected chi connectivity index (χ4v) is 2.66. The predicted molar refractivity (Wildman–Crippen MR) is 79.5 cm³/mol. The van der Waals surface area contributed by atoms with Gasteiger partial charge in [0.2, 0.25) is 0 Å². The molecule has 0 aromatic heterocycles. The number of nitrogens with one attached hydrogen (secondary N) is 1. The molecule has 0 unspecified atom stereocenters. The Bertz CT molecular complexity index is 724. The second kappa shape index (κ2) is 5.95. The molecule has 1 aliphatic carbocycles. The van der Waals surface area contributed by atoms with E-state index in [1.54, 1.807) is 0 Å². The molecule has 6 heteroatoms. The molecular formula is C17H14F3NO2. The van der Waals surface area contributed by atoms with Crippen LogP contribution >= 0.6 is 0 Å². The molecule has 0 fully saturated rings. The molecular weight excluding hydrogens is 307 g/mol. The fraction of sp³-hybridized carbons (Fsp3) is 0.235. The molecule has 120 valence electrons. The van der Waals surface area contributed by atoms with Crippen molar-refractivity contribution in [3.8, 4) is 5.75 Å². The average molecular weight is 321 g/mol. The van der Waals surface area contributed by atoms with Crippen molar-refractivity contribution in [1.29, 1.82) is 0 Å². The second-order valence-electron chi connectivity index (χ2n) is 5.36. The van der Waals surface area contributed by atoms with Gasteiger partial charge >= 0.3 is 6.36 Å². The number of alkyl halides is 3. The van der Waals surface area contributed by atoms with E-state index < -0.39 is 6.36 Å². The van der Waals surface area contributed by atoms with Crippen LogP contribution in [0, 0.1) is 0 Å². The van der Waals surface area contributed by atoms with Gasteiger partial charge in [-0.2, -0.15) is 0 Å². The Morgan fingerprint density at radius 1 is 1.00 bits per heavy atom. The minimum atomic E-state index is -4.74. The van der Waals surface area contributed by atoms with Crippen molar-refractivity contribution < 1.29 is 22.7 Å². The Morgan fingerprint density at radius 3 is 2.39 bits per heavy atom.